The summed E-state index contributed by atoms with van der Waals surface area (Å²) in [7, 11) is -4.67. The number of anilines is 2. The maximum absolute atomic E-state index is 11.8. The second-order valence-corrected chi connectivity index (χ2v) is 6.81. The van der Waals surface area contributed by atoms with Crippen molar-refractivity contribution in [1.82, 2.24) is 19.9 Å². The van der Waals surface area contributed by atoms with Gasteiger partial charge in [-0.05, 0) is 32.9 Å². The summed E-state index contributed by atoms with van der Waals surface area (Å²) in [6.45, 7) is 5.15. The molecule has 10 nitrogen and oxygen atoms in total. The van der Waals surface area contributed by atoms with Crippen molar-refractivity contribution in [2.75, 3.05) is 5.32 Å². The van der Waals surface area contributed by atoms with Crippen LogP contribution in [0, 0.1) is 20.8 Å². The smallest absolute Gasteiger partial charge is 0.404 e. The van der Waals surface area contributed by atoms with E-state index in [1.807, 2.05) is 0 Å². The zero-order valence-electron chi connectivity index (χ0n) is 14.1. The Morgan fingerprint density at radius 3 is 2.50 bits per heavy atom. The fraction of sp³-hybridized carbons (Fsp3) is 0.200. The molecule has 2 aromatic heterocycles. The Balaban J connectivity index is 2.01. The third kappa shape index (κ3) is 3.88. The Hall–Kier alpha value is -2.81. The number of aryl methyl sites for hydroxylation is 2. The van der Waals surface area contributed by atoms with Gasteiger partial charge in [0.2, 0.25) is 11.9 Å². The highest BCUT2D eigenvalue weighted by Crippen LogP contribution is 2.38. The molecule has 0 unspecified atom stereocenters. The van der Waals surface area contributed by atoms with E-state index in [9.17, 15) is 9.36 Å². The van der Waals surface area contributed by atoms with Gasteiger partial charge in [0.25, 0.3) is 5.56 Å². The lowest BCUT2D eigenvalue weighted by atomic mass is 10.2. The van der Waals surface area contributed by atoms with Gasteiger partial charge in [0.15, 0.2) is 0 Å². The van der Waals surface area contributed by atoms with E-state index in [0.717, 1.165) is 0 Å². The van der Waals surface area contributed by atoms with Crippen molar-refractivity contribution in [3.63, 3.8) is 0 Å². The molecule has 0 spiro atoms. The van der Waals surface area contributed by atoms with Gasteiger partial charge < -0.3 is 4.52 Å². The molecular weight excluding hydrogens is 361 g/mol. The highest BCUT2D eigenvalue weighted by molar-refractivity contribution is 7.46. The fourth-order valence-electron chi connectivity index (χ4n) is 2.33. The van der Waals surface area contributed by atoms with Gasteiger partial charge in [0.05, 0.1) is 11.2 Å². The number of fused-ring (bicyclic) bond motifs is 1. The monoisotopic (exact) mass is 377 g/mol. The van der Waals surface area contributed by atoms with Crippen molar-refractivity contribution in [2.24, 2.45) is 0 Å². The van der Waals surface area contributed by atoms with E-state index in [1.54, 1.807) is 26.8 Å². The molecule has 11 heteroatoms. The van der Waals surface area contributed by atoms with Crippen molar-refractivity contribution in [3.05, 3.63) is 45.5 Å². The van der Waals surface area contributed by atoms with Crippen LogP contribution in [0.5, 0.6) is 5.75 Å². The predicted molar refractivity (Wildman–Crippen MR) is 94.6 cm³/mol. The van der Waals surface area contributed by atoms with Crippen LogP contribution in [0.25, 0.3) is 10.9 Å². The van der Waals surface area contributed by atoms with E-state index in [2.05, 4.69) is 29.8 Å². The zero-order chi connectivity index (χ0) is 19.1. The molecule has 3 aromatic rings. The molecule has 1 aromatic carbocycles. The SMILES string of the molecule is Cc1nc(Nc2nc(C)c3ccc(OP(=O)(O)O)cc3n2)[nH]c(=O)c1C. The summed E-state index contributed by atoms with van der Waals surface area (Å²) in [5.41, 5.74) is 1.87. The van der Waals surface area contributed by atoms with Gasteiger partial charge in [-0.25, -0.2) is 19.5 Å². The Labute approximate surface area is 147 Å². The van der Waals surface area contributed by atoms with E-state index in [0.29, 0.717) is 27.9 Å². The van der Waals surface area contributed by atoms with E-state index >= 15 is 0 Å². The van der Waals surface area contributed by atoms with Crippen LogP contribution < -0.4 is 15.4 Å². The second-order valence-electron chi connectivity index (χ2n) is 5.64. The topological polar surface area (TPSA) is 150 Å². The number of phosphoric ester groups is 1. The largest absolute Gasteiger partial charge is 0.524 e. The number of hydrogen-bond donors (Lipinski definition) is 4. The van der Waals surface area contributed by atoms with E-state index in [4.69, 9.17) is 9.79 Å². The summed E-state index contributed by atoms with van der Waals surface area (Å²) in [6, 6.07) is 4.42. The van der Waals surface area contributed by atoms with Crippen molar-refractivity contribution >= 4 is 30.6 Å². The zero-order valence-corrected chi connectivity index (χ0v) is 15.0. The minimum Gasteiger partial charge on any atom is -0.404 e. The lowest BCUT2D eigenvalue weighted by Gasteiger charge is -2.10. The Kier molecular flexibility index (Phi) is 4.49. The molecule has 26 heavy (non-hydrogen) atoms. The number of H-pyrrole nitrogens is 1. The fourth-order valence-corrected chi connectivity index (χ4v) is 2.72. The summed E-state index contributed by atoms with van der Waals surface area (Å²) >= 11 is 0. The molecule has 3 rings (SSSR count). The summed E-state index contributed by atoms with van der Waals surface area (Å²) in [4.78, 5) is 45.1. The van der Waals surface area contributed by atoms with Crippen LogP contribution in [-0.4, -0.2) is 29.7 Å². The summed E-state index contributed by atoms with van der Waals surface area (Å²) in [5, 5.41) is 3.52. The van der Waals surface area contributed by atoms with Gasteiger partial charge in [-0.15, -0.1) is 0 Å². The minimum absolute atomic E-state index is 0.0207. The summed E-state index contributed by atoms with van der Waals surface area (Å²) in [6.07, 6.45) is 0. The van der Waals surface area contributed by atoms with Crippen molar-refractivity contribution in [1.29, 1.82) is 0 Å². The van der Waals surface area contributed by atoms with Crippen LogP contribution in [0.3, 0.4) is 0 Å². The first-order valence-corrected chi connectivity index (χ1v) is 9.03. The molecule has 0 saturated heterocycles. The van der Waals surface area contributed by atoms with Crippen LogP contribution in [0.2, 0.25) is 0 Å². The molecule has 0 amide bonds. The Morgan fingerprint density at radius 1 is 1.12 bits per heavy atom. The van der Waals surface area contributed by atoms with Crippen LogP contribution >= 0.6 is 7.82 Å². The lowest BCUT2D eigenvalue weighted by Crippen LogP contribution is -2.16. The molecule has 0 saturated carbocycles. The first kappa shape index (κ1) is 18.0. The van der Waals surface area contributed by atoms with Crippen LogP contribution in [0.1, 0.15) is 17.0 Å². The van der Waals surface area contributed by atoms with Crippen molar-refractivity contribution < 1.29 is 18.9 Å². The van der Waals surface area contributed by atoms with Gasteiger partial charge in [0.1, 0.15) is 5.75 Å². The normalized spacial score (nSPS) is 11.6. The number of phosphoric acid groups is 1. The van der Waals surface area contributed by atoms with E-state index in [-0.39, 0.29) is 23.2 Å². The number of nitrogens with zero attached hydrogens (tertiary/aromatic N) is 3. The number of benzene rings is 1. The highest BCUT2D eigenvalue weighted by atomic mass is 31.2. The molecule has 0 bridgehead atoms. The van der Waals surface area contributed by atoms with E-state index < -0.39 is 7.82 Å². The number of aromatic nitrogens is 4. The standard InChI is InChI=1S/C15H16N5O5P/c1-7-8(2)16-15(19-13(7)21)20-14-17-9(3)11-5-4-10(6-12(11)18-14)25-26(22,23)24/h4-6H,1-3H3,(H2,22,23,24)(H2,16,17,18,19,20,21). The number of rotatable bonds is 4. The maximum Gasteiger partial charge on any atom is 0.524 e. The molecule has 0 radical (unpaired) electrons. The number of hydrogen-bond acceptors (Lipinski definition) is 7. The number of nitrogens with one attached hydrogen (secondary N) is 2. The molecule has 0 atom stereocenters. The lowest BCUT2D eigenvalue weighted by molar-refractivity contribution is 0.283. The molecule has 2 heterocycles. The third-order valence-electron chi connectivity index (χ3n) is 3.71. The average molecular weight is 377 g/mol. The molecule has 0 aliphatic heterocycles. The molecule has 0 fully saturated rings. The van der Waals surface area contributed by atoms with Crippen molar-refractivity contribution in [2.45, 2.75) is 20.8 Å². The molecule has 4 N–H and O–H groups in total. The van der Waals surface area contributed by atoms with Gasteiger partial charge in [-0.2, -0.15) is 0 Å². The molecule has 0 aliphatic carbocycles. The molecule has 0 aliphatic rings. The van der Waals surface area contributed by atoms with Crippen LogP contribution in [0.4, 0.5) is 11.9 Å². The molecular formula is C15H16N5O5P. The van der Waals surface area contributed by atoms with Gasteiger partial charge in [-0.3, -0.25) is 24.9 Å². The Bertz CT molecular complexity index is 1110. The summed E-state index contributed by atoms with van der Waals surface area (Å²) < 4.78 is 15.6. The average Bonchev–Trinajstić information content (AvgIpc) is 2.50. The first-order chi connectivity index (χ1) is 12.1. The highest BCUT2D eigenvalue weighted by Gasteiger charge is 2.17. The Morgan fingerprint density at radius 2 is 1.85 bits per heavy atom. The summed E-state index contributed by atoms with van der Waals surface area (Å²) in [5.74, 6) is 0.349. The van der Waals surface area contributed by atoms with Crippen molar-refractivity contribution in [3.8, 4) is 5.75 Å². The number of aromatic amines is 1. The van der Waals surface area contributed by atoms with Crippen LogP contribution in [0.15, 0.2) is 23.0 Å². The first-order valence-electron chi connectivity index (χ1n) is 7.50. The van der Waals surface area contributed by atoms with E-state index in [1.165, 1.54) is 12.1 Å². The van der Waals surface area contributed by atoms with Gasteiger partial charge in [0, 0.05) is 22.7 Å². The minimum atomic E-state index is -4.67. The quantitative estimate of drug-likeness (QED) is 0.499. The second kappa shape index (κ2) is 6.49. The van der Waals surface area contributed by atoms with Gasteiger partial charge >= 0.3 is 7.82 Å². The molecule has 136 valence electrons. The van der Waals surface area contributed by atoms with Crippen LogP contribution in [-0.2, 0) is 4.57 Å². The maximum atomic E-state index is 11.8. The van der Waals surface area contributed by atoms with Gasteiger partial charge in [-0.1, -0.05) is 0 Å². The predicted octanol–water partition coefficient (Wildman–Crippen LogP) is 1.85. The third-order valence-corrected chi connectivity index (χ3v) is 4.16.